The second kappa shape index (κ2) is 7.31. The van der Waals surface area contributed by atoms with Crippen LogP contribution in [0.1, 0.15) is 21.5 Å². The Morgan fingerprint density at radius 1 is 0.968 bits per heavy atom. The second-order valence-corrected chi connectivity index (χ2v) is 9.22. The Labute approximate surface area is 180 Å². The molecule has 2 aliphatic rings. The maximum atomic E-state index is 12.9. The molecule has 0 aliphatic carbocycles. The highest BCUT2D eigenvalue weighted by Gasteiger charge is 2.27. The quantitative estimate of drug-likeness (QED) is 0.674. The van der Waals surface area contributed by atoms with Gasteiger partial charge in [0, 0.05) is 23.9 Å². The molecule has 0 radical (unpaired) electrons. The number of nitrogens with one attached hydrogen (secondary N) is 1. The van der Waals surface area contributed by atoms with Gasteiger partial charge < -0.3 is 14.4 Å². The van der Waals surface area contributed by atoms with Crippen LogP contribution in [-0.4, -0.2) is 27.7 Å². The fourth-order valence-electron chi connectivity index (χ4n) is 3.78. The third-order valence-electron chi connectivity index (χ3n) is 5.43. The van der Waals surface area contributed by atoms with Gasteiger partial charge in [-0.25, -0.2) is 8.42 Å². The van der Waals surface area contributed by atoms with Crippen LogP contribution in [-0.2, 0) is 16.4 Å². The number of hydrogen-bond acceptors (Lipinski definition) is 5. The number of sulfonamides is 1. The number of nitrogens with zero attached hydrogens (tertiary/aromatic N) is 1. The first kappa shape index (κ1) is 19.4. The number of carbonyl (C=O) groups is 1. The van der Waals surface area contributed by atoms with Crippen molar-refractivity contribution in [1.82, 2.24) is 0 Å². The summed E-state index contributed by atoms with van der Waals surface area (Å²) < 4.78 is 38.9. The molecule has 8 heteroatoms. The third kappa shape index (κ3) is 3.59. The molecule has 0 saturated heterocycles. The molecule has 0 aromatic heterocycles. The zero-order chi connectivity index (χ0) is 21.6. The van der Waals surface area contributed by atoms with Crippen LogP contribution in [0.15, 0.2) is 65.6 Å². The van der Waals surface area contributed by atoms with Gasteiger partial charge in [0.05, 0.1) is 10.6 Å². The Kier molecular flexibility index (Phi) is 4.59. The lowest BCUT2D eigenvalue weighted by atomic mass is 10.1. The molecule has 0 bridgehead atoms. The van der Waals surface area contributed by atoms with Crippen LogP contribution in [0.4, 0.5) is 11.4 Å². The van der Waals surface area contributed by atoms with Crippen molar-refractivity contribution < 1.29 is 22.7 Å². The van der Waals surface area contributed by atoms with Gasteiger partial charge >= 0.3 is 0 Å². The fourth-order valence-corrected chi connectivity index (χ4v) is 4.88. The minimum absolute atomic E-state index is 0.0900. The number of fused-ring (bicyclic) bond motifs is 2. The first-order valence-electron chi connectivity index (χ1n) is 9.85. The van der Waals surface area contributed by atoms with E-state index in [1.54, 1.807) is 35.2 Å². The Hall–Kier alpha value is -3.52. The summed E-state index contributed by atoms with van der Waals surface area (Å²) in [6.45, 7) is 2.61. The lowest BCUT2D eigenvalue weighted by Crippen LogP contribution is -2.28. The molecule has 0 unspecified atom stereocenters. The van der Waals surface area contributed by atoms with Crippen LogP contribution >= 0.6 is 0 Å². The molecule has 0 fully saturated rings. The highest BCUT2D eigenvalue weighted by molar-refractivity contribution is 7.92. The van der Waals surface area contributed by atoms with E-state index in [1.807, 2.05) is 31.2 Å². The number of rotatable bonds is 4. The van der Waals surface area contributed by atoms with Gasteiger partial charge in [-0.05, 0) is 61.4 Å². The van der Waals surface area contributed by atoms with Gasteiger partial charge in [-0.2, -0.15) is 0 Å². The largest absolute Gasteiger partial charge is 0.454 e. The topological polar surface area (TPSA) is 84.9 Å². The number of anilines is 2. The van der Waals surface area contributed by atoms with Crippen molar-refractivity contribution >= 4 is 27.3 Å². The van der Waals surface area contributed by atoms with Crippen molar-refractivity contribution in [3.05, 3.63) is 77.4 Å². The molecule has 0 saturated carbocycles. The van der Waals surface area contributed by atoms with E-state index in [0.717, 1.165) is 16.8 Å². The van der Waals surface area contributed by atoms with Crippen LogP contribution in [0.5, 0.6) is 11.5 Å². The van der Waals surface area contributed by atoms with Gasteiger partial charge in [0.2, 0.25) is 6.79 Å². The van der Waals surface area contributed by atoms with Crippen molar-refractivity contribution in [1.29, 1.82) is 0 Å². The zero-order valence-electron chi connectivity index (χ0n) is 16.8. The minimum Gasteiger partial charge on any atom is -0.454 e. The molecule has 158 valence electrons. The smallest absolute Gasteiger partial charge is 0.261 e. The monoisotopic (exact) mass is 436 g/mol. The van der Waals surface area contributed by atoms with Crippen molar-refractivity contribution in [3.8, 4) is 11.5 Å². The first-order chi connectivity index (χ1) is 14.9. The SMILES string of the molecule is Cc1ccc(C(=O)N2CCc3cc(S(=O)(=O)Nc4ccc5c(c4)OCO5)ccc32)cc1. The van der Waals surface area contributed by atoms with Gasteiger partial charge in [0.25, 0.3) is 15.9 Å². The predicted octanol–water partition coefficient (Wildman–Crippen LogP) is 3.73. The Morgan fingerprint density at radius 2 is 1.74 bits per heavy atom. The third-order valence-corrected chi connectivity index (χ3v) is 6.80. The Balaban J connectivity index is 1.39. The van der Waals surface area contributed by atoms with E-state index < -0.39 is 10.0 Å². The summed E-state index contributed by atoms with van der Waals surface area (Å²) in [5, 5.41) is 0. The van der Waals surface area contributed by atoms with Gasteiger partial charge in [0.15, 0.2) is 11.5 Å². The highest BCUT2D eigenvalue weighted by Crippen LogP contribution is 2.36. The summed E-state index contributed by atoms with van der Waals surface area (Å²) in [6, 6.07) is 17.2. The van der Waals surface area contributed by atoms with Gasteiger partial charge in [-0.1, -0.05) is 17.7 Å². The minimum atomic E-state index is -3.80. The summed E-state index contributed by atoms with van der Waals surface area (Å²) in [5.41, 5.74) is 3.66. The number of benzene rings is 3. The Bertz CT molecular complexity index is 1290. The summed E-state index contributed by atoms with van der Waals surface area (Å²) in [7, 11) is -3.80. The molecule has 0 spiro atoms. The first-order valence-corrected chi connectivity index (χ1v) is 11.3. The van der Waals surface area contributed by atoms with E-state index in [9.17, 15) is 13.2 Å². The fraction of sp³-hybridized carbons (Fsp3) is 0.174. The molecule has 0 atom stereocenters. The highest BCUT2D eigenvalue weighted by atomic mass is 32.2. The van der Waals surface area contributed by atoms with Crippen molar-refractivity contribution in [3.63, 3.8) is 0 Å². The number of carbonyl (C=O) groups excluding carboxylic acids is 1. The van der Waals surface area contributed by atoms with Gasteiger partial charge in [-0.3, -0.25) is 9.52 Å². The van der Waals surface area contributed by atoms with Gasteiger partial charge in [-0.15, -0.1) is 0 Å². The molecule has 1 amide bonds. The van der Waals surface area contributed by atoms with Crippen molar-refractivity contribution in [2.75, 3.05) is 23.0 Å². The summed E-state index contributed by atoms with van der Waals surface area (Å²) in [6.07, 6.45) is 0.598. The molecule has 7 nitrogen and oxygen atoms in total. The molecule has 5 rings (SSSR count). The lowest BCUT2D eigenvalue weighted by molar-refractivity contribution is 0.0989. The standard InChI is InChI=1S/C23H20N2O5S/c1-15-2-4-16(5-3-15)23(26)25-11-10-17-12-19(7-8-20(17)25)31(27,28)24-18-6-9-21-22(13-18)30-14-29-21/h2-9,12-13,24H,10-11,14H2,1H3. The molecular weight excluding hydrogens is 416 g/mol. The van der Waals surface area contributed by atoms with E-state index in [4.69, 9.17) is 9.47 Å². The van der Waals surface area contributed by atoms with E-state index >= 15 is 0 Å². The molecular formula is C23H20N2O5S. The number of hydrogen-bond donors (Lipinski definition) is 1. The van der Waals surface area contributed by atoms with Crippen molar-refractivity contribution in [2.45, 2.75) is 18.2 Å². The molecule has 2 heterocycles. The maximum Gasteiger partial charge on any atom is 0.261 e. The van der Waals surface area contributed by atoms with Crippen molar-refractivity contribution in [2.24, 2.45) is 0 Å². The molecule has 3 aromatic rings. The second-order valence-electron chi connectivity index (χ2n) is 7.54. The van der Waals surface area contributed by atoms with E-state index in [1.165, 1.54) is 6.07 Å². The summed E-state index contributed by atoms with van der Waals surface area (Å²) in [5.74, 6) is 0.992. The van der Waals surface area contributed by atoms with Gasteiger partial charge in [0.1, 0.15) is 0 Å². The lowest BCUT2D eigenvalue weighted by Gasteiger charge is -2.18. The molecule has 2 aliphatic heterocycles. The average molecular weight is 436 g/mol. The van der Waals surface area contributed by atoms with Crippen LogP contribution in [0.2, 0.25) is 0 Å². The van der Waals surface area contributed by atoms with Crippen LogP contribution in [0.25, 0.3) is 0 Å². The predicted molar refractivity (Wildman–Crippen MR) is 116 cm³/mol. The zero-order valence-corrected chi connectivity index (χ0v) is 17.6. The number of aryl methyl sites for hydroxylation is 1. The van der Waals surface area contributed by atoms with E-state index in [-0.39, 0.29) is 17.6 Å². The Morgan fingerprint density at radius 3 is 2.55 bits per heavy atom. The molecule has 3 aromatic carbocycles. The van der Waals surface area contributed by atoms with E-state index in [0.29, 0.717) is 35.7 Å². The summed E-state index contributed by atoms with van der Waals surface area (Å²) >= 11 is 0. The maximum absolute atomic E-state index is 12.9. The van der Waals surface area contributed by atoms with Crippen LogP contribution in [0.3, 0.4) is 0 Å². The number of amides is 1. The average Bonchev–Trinajstić information content (AvgIpc) is 3.39. The van der Waals surface area contributed by atoms with Crippen LogP contribution in [0, 0.1) is 6.92 Å². The summed E-state index contributed by atoms with van der Waals surface area (Å²) in [4.78, 5) is 14.8. The molecule has 1 N–H and O–H groups in total. The normalized spacial score (nSPS) is 14.4. The van der Waals surface area contributed by atoms with Crippen LogP contribution < -0.4 is 19.1 Å². The molecule has 31 heavy (non-hydrogen) atoms. The van der Waals surface area contributed by atoms with E-state index in [2.05, 4.69) is 4.72 Å². The number of ether oxygens (including phenoxy) is 2.